The van der Waals surface area contributed by atoms with Crippen LogP contribution in [-0.4, -0.2) is 28.6 Å². The number of nitrogens with zero attached hydrogens (tertiary/aromatic N) is 3. The van der Waals surface area contributed by atoms with Crippen LogP contribution in [0.1, 0.15) is 30.7 Å². The summed E-state index contributed by atoms with van der Waals surface area (Å²) < 4.78 is 7.72. The zero-order chi connectivity index (χ0) is 22.9. The van der Waals surface area contributed by atoms with E-state index >= 15 is 0 Å². The lowest BCUT2D eigenvalue weighted by Gasteiger charge is -2.18. The quantitative estimate of drug-likeness (QED) is 0.325. The van der Waals surface area contributed by atoms with E-state index in [1.165, 1.54) is 0 Å². The fourth-order valence-corrected chi connectivity index (χ4v) is 4.73. The largest absolute Gasteiger partial charge is 0.494 e. The van der Waals surface area contributed by atoms with Crippen molar-refractivity contribution in [1.29, 1.82) is 0 Å². The molecule has 3 aromatic carbocycles. The maximum atomic E-state index is 13.0. The Kier molecular flexibility index (Phi) is 6.00. The highest BCUT2D eigenvalue weighted by molar-refractivity contribution is 6.42. The van der Waals surface area contributed by atoms with Gasteiger partial charge in [-0.2, -0.15) is 0 Å². The Labute approximate surface area is 202 Å². The van der Waals surface area contributed by atoms with Gasteiger partial charge in [0.25, 0.3) is 0 Å². The first-order chi connectivity index (χ1) is 16.0. The van der Waals surface area contributed by atoms with Crippen molar-refractivity contribution in [2.75, 3.05) is 18.1 Å². The number of rotatable bonds is 6. The van der Waals surface area contributed by atoms with Crippen molar-refractivity contribution in [3.05, 3.63) is 88.2 Å². The van der Waals surface area contributed by atoms with E-state index in [4.69, 9.17) is 32.9 Å². The molecule has 33 heavy (non-hydrogen) atoms. The van der Waals surface area contributed by atoms with Crippen molar-refractivity contribution in [3.8, 4) is 5.75 Å². The third kappa shape index (κ3) is 4.31. The van der Waals surface area contributed by atoms with Gasteiger partial charge in [-0.1, -0.05) is 41.4 Å². The molecule has 1 aliphatic rings. The van der Waals surface area contributed by atoms with Crippen molar-refractivity contribution in [3.63, 3.8) is 0 Å². The van der Waals surface area contributed by atoms with Gasteiger partial charge in [0.05, 0.1) is 27.7 Å². The Morgan fingerprint density at radius 1 is 1.03 bits per heavy atom. The number of anilines is 1. The van der Waals surface area contributed by atoms with Crippen molar-refractivity contribution in [2.24, 2.45) is 0 Å². The maximum absolute atomic E-state index is 13.0. The van der Waals surface area contributed by atoms with Crippen LogP contribution in [0.2, 0.25) is 10.0 Å². The molecule has 1 aliphatic heterocycles. The molecule has 5 nitrogen and oxygen atoms in total. The number of carbonyl (C=O) groups excluding carboxylic acids is 1. The lowest BCUT2D eigenvalue weighted by molar-refractivity contribution is -0.117. The molecule has 0 aliphatic carbocycles. The number of aromatic nitrogens is 2. The average Bonchev–Trinajstić information content (AvgIpc) is 3.38. The number of hydrogen-bond donors (Lipinski definition) is 0. The zero-order valence-corrected chi connectivity index (χ0v) is 19.7. The number of fused-ring (bicyclic) bond motifs is 1. The highest BCUT2D eigenvalue weighted by Gasteiger charge is 2.35. The van der Waals surface area contributed by atoms with Gasteiger partial charge in [0, 0.05) is 31.1 Å². The van der Waals surface area contributed by atoms with Crippen LogP contribution in [0.4, 0.5) is 5.69 Å². The van der Waals surface area contributed by atoms with Crippen LogP contribution in [0.5, 0.6) is 5.75 Å². The summed E-state index contributed by atoms with van der Waals surface area (Å²) in [6.07, 6.45) is 0.415. The molecular formula is C26H23Cl2N3O2. The molecule has 0 N–H and O–H groups in total. The molecule has 1 fully saturated rings. The fourth-order valence-electron chi connectivity index (χ4n) is 4.41. The standard InChI is InChI=1S/C26H23Cl2N3O2/c1-2-33-20-10-8-19(9-11-20)30-16-18(14-25(30)32)26-29-23-5-3-4-6-24(23)31(26)15-17-7-12-21(27)22(28)13-17/h3-13,18H,2,14-16H2,1H3. The number of benzene rings is 3. The number of ether oxygens (including phenoxy) is 1. The van der Waals surface area contributed by atoms with E-state index in [9.17, 15) is 4.79 Å². The van der Waals surface area contributed by atoms with E-state index in [1.54, 1.807) is 0 Å². The number of para-hydroxylation sites is 2. The van der Waals surface area contributed by atoms with Crippen LogP contribution < -0.4 is 9.64 Å². The molecule has 1 unspecified atom stereocenters. The molecule has 5 rings (SSSR count). The average molecular weight is 480 g/mol. The SMILES string of the molecule is CCOc1ccc(N2CC(c3nc4ccccc4n3Cc3ccc(Cl)c(Cl)c3)CC2=O)cc1. The summed E-state index contributed by atoms with van der Waals surface area (Å²) in [5.41, 5.74) is 3.85. The lowest BCUT2D eigenvalue weighted by Crippen LogP contribution is -2.24. The Morgan fingerprint density at radius 2 is 1.82 bits per heavy atom. The summed E-state index contributed by atoms with van der Waals surface area (Å²) in [5, 5.41) is 1.06. The normalized spacial score (nSPS) is 16.0. The topological polar surface area (TPSA) is 47.4 Å². The monoisotopic (exact) mass is 479 g/mol. The summed E-state index contributed by atoms with van der Waals surface area (Å²) >= 11 is 12.4. The zero-order valence-electron chi connectivity index (χ0n) is 18.2. The minimum Gasteiger partial charge on any atom is -0.494 e. The molecular weight excluding hydrogens is 457 g/mol. The van der Waals surface area contributed by atoms with Gasteiger partial charge in [-0.15, -0.1) is 0 Å². The highest BCUT2D eigenvalue weighted by Crippen LogP contribution is 2.34. The molecule has 1 atom stereocenters. The smallest absolute Gasteiger partial charge is 0.227 e. The van der Waals surface area contributed by atoms with E-state index in [1.807, 2.05) is 72.5 Å². The van der Waals surface area contributed by atoms with E-state index < -0.39 is 0 Å². The second-order valence-corrected chi connectivity index (χ2v) is 8.94. The lowest BCUT2D eigenvalue weighted by atomic mass is 10.1. The molecule has 2 heterocycles. The number of imidazole rings is 1. The molecule has 0 bridgehead atoms. The van der Waals surface area contributed by atoms with Crippen LogP contribution in [0.3, 0.4) is 0 Å². The molecule has 168 valence electrons. The van der Waals surface area contributed by atoms with Crippen molar-refractivity contribution in [2.45, 2.75) is 25.8 Å². The number of halogens is 2. The number of amides is 1. The molecule has 0 radical (unpaired) electrons. The first kappa shape index (κ1) is 21.8. The predicted octanol–water partition coefficient (Wildman–Crippen LogP) is 6.31. The van der Waals surface area contributed by atoms with Crippen molar-refractivity contribution in [1.82, 2.24) is 9.55 Å². The predicted molar refractivity (Wildman–Crippen MR) is 133 cm³/mol. The Balaban J connectivity index is 1.47. The van der Waals surface area contributed by atoms with E-state index in [2.05, 4.69) is 10.6 Å². The second-order valence-electron chi connectivity index (χ2n) is 8.13. The molecule has 4 aromatic rings. The fraction of sp³-hybridized carbons (Fsp3) is 0.231. The first-order valence-electron chi connectivity index (χ1n) is 11.0. The van der Waals surface area contributed by atoms with Gasteiger partial charge in [-0.3, -0.25) is 4.79 Å². The van der Waals surface area contributed by atoms with E-state index in [0.717, 1.165) is 33.9 Å². The second kappa shape index (κ2) is 9.08. The summed E-state index contributed by atoms with van der Waals surface area (Å²) in [7, 11) is 0. The Morgan fingerprint density at radius 3 is 2.58 bits per heavy atom. The Hall–Kier alpha value is -3.02. The van der Waals surface area contributed by atoms with Crippen molar-refractivity contribution >= 4 is 45.8 Å². The molecule has 1 aromatic heterocycles. The van der Waals surface area contributed by atoms with Gasteiger partial charge in [0.15, 0.2) is 0 Å². The van der Waals surface area contributed by atoms with Crippen LogP contribution in [0.25, 0.3) is 11.0 Å². The van der Waals surface area contributed by atoms with Crippen LogP contribution in [0.15, 0.2) is 66.7 Å². The van der Waals surface area contributed by atoms with Crippen LogP contribution in [-0.2, 0) is 11.3 Å². The molecule has 1 saturated heterocycles. The van der Waals surface area contributed by atoms with Gasteiger partial charge in [0.2, 0.25) is 5.91 Å². The molecule has 1 amide bonds. The van der Waals surface area contributed by atoms with E-state index in [0.29, 0.717) is 36.2 Å². The molecule has 0 spiro atoms. The van der Waals surface area contributed by atoms with Gasteiger partial charge < -0.3 is 14.2 Å². The minimum absolute atomic E-state index is 0.0146. The minimum atomic E-state index is -0.0146. The first-order valence-corrected chi connectivity index (χ1v) is 11.7. The van der Waals surface area contributed by atoms with Crippen molar-refractivity contribution < 1.29 is 9.53 Å². The Bertz CT molecular complexity index is 1320. The van der Waals surface area contributed by atoms with Gasteiger partial charge in [-0.25, -0.2) is 4.98 Å². The summed E-state index contributed by atoms with van der Waals surface area (Å²) in [6.45, 7) is 3.74. The number of carbonyl (C=O) groups is 1. The molecule has 7 heteroatoms. The van der Waals surface area contributed by atoms with E-state index in [-0.39, 0.29) is 11.8 Å². The van der Waals surface area contributed by atoms with Gasteiger partial charge in [-0.05, 0) is 61.0 Å². The third-order valence-corrected chi connectivity index (χ3v) is 6.70. The number of hydrogen-bond acceptors (Lipinski definition) is 3. The maximum Gasteiger partial charge on any atom is 0.227 e. The van der Waals surface area contributed by atoms with Gasteiger partial charge >= 0.3 is 0 Å². The van der Waals surface area contributed by atoms with Crippen LogP contribution >= 0.6 is 23.2 Å². The highest BCUT2D eigenvalue weighted by atomic mass is 35.5. The van der Waals surface area contributed by atoms with Gasteiger partial charge in [0.1, 0.15) is 11.6 Å². The summed E-state index contributed by atoms with van der Waals surface area (Å²) in [6, 6.07) is 21.4. The van der Waals surface area contributed by atoms with Crippen LogP contribution in [0, 0.1) is 0 Å². The third-order valence-electron chi connectivity index (χ3n) is 5.96. The summed E-state index contributed by atoms with van der Waals surface area (Å²) in [5.74, 6) is 1.79. The summed E-state index contributed by atoms with van der Waals surface area (Å²) in [4.78, 5) is 19.7. The molecule has 0 saturated carbocycles.